The van der Waals surface area contributed by atoms with Crippen molar-refractivity contribution in [3.8, 4) is 5.75 Å². The number of likely N-dealkylation sites (tertiary alicyclic amines) is 1. The molecule has 23 heavy (non-hydrogen) atoms. The minimum Gasteiger partial charge on any atom is -0.484 e. The van der Waals surface area contributed by atoms with E-state index in [4.69, 9.17) is 4.74 Å². The lowest BCUT2D eigenvalue weighted by molar-refractivity contribution is -0.132. The van der Waals surface area contributed by atoms with Crippen molar-refractivity contribution >= 4 is 5.91 Å². The molecule has 2 atom stereocenters. The van der Waals surface area contributed by atoms with Crippen molar-refractivity contribution < 1.29 is 14.6 Å². The van der Waals surface area contributed by atoms with Crippen LogP contribution in [0.2, 0.25) is 0 Å². The highest BCUT2D eigenvalue weighted by Gasteiger charge is 2.36. The zero-order chi connectivity index (χ0) is 16.1. The fourth-order valence-electron chi connectivity index (χ4n) is 2.94. The number of pyridine rings is 1. The number of amides is 1. The smallest absolute Gasteiger partial charge is 0.260 e. The van der Waals surface area contributed by atoms with Crippen LogP contribution < -0.4 is 4.74 Å². The van der Waals surface area contributed by atoms with Gasteiger partial charge in [-0.25, -0.2) is 0 Å². The van der Waals surface area contributed by atoms with Gasteiger partial charge in [0, 0.05) is 43.4 Å². The molecule has 5 nitrogen and oxygen atoms in total. The van der Waals surface area contributed by atoms with Gasteiger partial charge in [0.15, 0.2) is 6.61 Å². The van der Waals surface area contributed by atoms with Gasteiger partial charge in [0.05, 0.1) is 0 Å². The summed E-state index contributed by atoms with van der Waals surface area (Å²) in [5, 5.41) is 9.61. The predicted molar refractivity (Wildman–Crippen MR) is 86.1 cm³/mol. The quantitative estimate of drug-likeness (QED) is 0.913. The number of aliphatic hydroxyl groups is 1. The van der Waals surface area contributed by atoms with E-state index in [-0.39, 0.29) is 31.0 Å². The van der Waals surface area contributed by atoms with E-state index in [0.717, 1.165) is 5.69 Å². The lowest BCUT2D eigenvalue weighted by Gasteiger charge is -2.16. The van der Waals surface area contributed by atoms with Crippen LogP contribution in [0.3, 0.4) is 0 Å². The second-order valence-corrected chi connectivity index (χ2v) is 5.70. The number of carbonyl (C=O) groups is 1. The number of hydrogen-bond acceptors (Lipinski definition) is 4. The summed E-state index contributed by atoms with van der Waals surface area (Å²) in [6, 6.07) is 15.0. The van der Waals surface area contributed by atoms with Crippen molar-refractivity contribution in [1.29, 1.82) is 0 Å². The van der Waals surface area contributed by atoms with Gasteiger partial charge in [-0.2, -0.15) is 0 Å². The molecule has 0 saturated carbocycles. The highest BCUT2D eigenvalue weighted by atomic mass is 16.5. The number of aromatic nitrogens is 1. The minimum absolute atomic E-state index is 0.0110. The molecule has 120 valence electrons. The maximum Gasteiger partial charge on any atom is 0.260 e. The Hall–Kier alpha value is -2.40. The van der Waals surface area contributed by atoms with Crippen LogP contribution in [0.5, 0.6) is 5.75 Å². The first kappa shape index (κ1) is 15.5. The summed E-state index contributed by atoms with van der Waals surface area (Å²) in [5.74, 6) is 0.707. The standard InChI is InChI=1S/C18H20N2O3/c21-12-14-10-20(11-16(14)17-8-4-5-9-19-17)18(22)13-23-15-6-2-1-3-7-15/h1-9,14,16,21H,10-13H2/t14-,16+/m0/s1. The third-order valence-corrected chi connectivity index (χ3v) is 4.20. The molecule has 1 fully saturated rings. The first-order valence-electron chi connectivity index (χ1n) is 7.75. The summed E-state index contributed by atoms with van der Waals surface area (Å²) >= 11 is 0. The molecule has 0 bridgehead atoms. The monoisotopic (exact) mass is 312 g/mol. The maximum absolute atomic E-state index is 12.4. The SMILES string of the molecule is O=C(COc1ccccc1)N1C[C@@H](CO)[C@H](c2ccccn2)C1. The van der Waals surface area contributed by atoms with Gasteiger partial charge in [0.2, 0.25) is 0 Å². The number of nitrogens with zero attached hydrogens (tertiary/aromatic N) is 2. The molecule has 1 amide bonds. The van der Waals surface area contributed by atoms with Crippen LogP contribution >= 0.6 is 0 Å². The Morgan fingerprint density at radius 3 is 2.65 bits per heavy atom. The van der Waals surface area contributed by atoms with Gasteiger partial charge in [-0.05, 0) is 24.3 Å². The zero-order valence-corrected chi connectivity index (χ0v) is 12.8. The van der Waals surface area contributed by atoms with E-state index in [1.807, 2.05) is 48.5 Å². The second-order valence-electron chi connectivity index (χ2n) is 5.70. The van der Waals surface area contributed by atoms with Gasteiger partial charge in [-0.15, -0.1) is 0 Å². The fraction of sp³-hybridized carbons (Fsp3) is 0.333. The topological polar surface area (TPSA) is 62.7 Å². The molecule has 1 aromatic carbocycles. The second kappa shape index (κ2) is 7.24. The molecule has 1 aromatic heterocycles. The number of aliphatic hydroxyl groups excluding tert-OH is 1. The van der Waals surface area contributed by atoms with E-state index in [1.165, 1.54) is 0 Å². The highest BCUT2D eigenvalue weighted by Crippen LogP contribution is 2.31. The van der Waals surface area contributed by atoms with Crippen LogP contribution in [-0.2, 0) is 4.79 Å². The summed E-state index contributed by atoms with van der Waals surface area (Å²) in [5.41, 5.74) is 0.922. The average Bonchev–Trinajstić information content (AvgIpc) is 3.06. The number of benzene rings is 1. The number of hydrogen-bond donors (Lipinski definition) is 1. The molecule has 0 unspecified atom stereocenters. The van der Waals surface area contributed by atoms with E-state index < -0.39 is 0 Å². The molecular formula is C18H20N2O3. The lowest BCUT2D eigenvalue weighted by atomic mass is 9.93. The van der Waals surface area contributed by atoms with Crippen molar-refractivity contribution in [2.24, 2.45) is 5.92 Å². The number of para-hydroxylation sites is 1. The molecule has 0 spiro atoms. The van der Waals surface area contributed by atoms with E-state index in [0.29, 0.717) is 18.8 Å². The summed E-state index contributed by atoms with van der Waals surface area (Å²) in [4.78, 5) is 18.5. The maximum atomic E-state index is 12.4. The van der Waals surface area contributed by atoms with Crippen molar-refractivity contribution in [3.63, 3.8) is 0 Å². The predicted octanol–water partition coefficient (Wildman–Crippen LogP) is 1.69. The van der Waals surface area contributed by atoms with Gasteiger partial charge >= 0.3 is 0 Å². The van der Waals surface area contributed by atoms with Gasteiger partial charge in [-0.3, -0.25) is 9.78 Å². The molecular weight excluding hydrogens is 292 g/mol. The third kappa shape index (κ3) is 3.68. The summed E-state index contributed by atoms with van der Waals surface area (Å²) in [6.45, 7) is 1.16. The number of rotatable bonds is 5. The van der Waals surface area contributed by atoms with Crippen molar-refractivity contribution in [3.05, 3.63) is 60.4 Å². The van der Waals surface area contributed by atoms with Gasteiger partial charge in [-0.1, -0.05) is 24.3 Å². The largest absolute Gasteiger partial charge is 0.484 e. The molecule has 0 aliphatic carbocycles. The molecule has 2 aromatic rings. The van der Waals surface area contributed by atoms with Crippen LogP contribution in [0.15, 0.2) is 54.7 Å². The molecule has 1 aliphatic rings. The Balaban J connectivity index is 1.61. The van der Waals surface area contributed by atoms with Crippen molar-refractivity contribution in [2.45, 2.75) is 5.92 Å². The molecule has 5 heteroatoms. The molecule has 0 radical (unpaired) electrons. The van der Waals surface area contributed by atoms with E-state index >= 15 is 0 Å². The summed E-state index contributed by atoms with van der Waals surface area (Å²) in [7, 11) is 0. The summed E-state index contributed by atoms with van der Waals surface area (Å²) < 4.78 is 5.52. The van der Waals surface area contributed by atoms with Gasteiger partial charge in [0.25, 0.3) is 5.91 Å². The average molecular weight is 312 g/mol. The minimum atomic E-state index is -0.0641. The van der Waals surface area contributed by atoms with Crippen molar-refractivity contribution in [1.82, 2.24) is 9.88 Å². The molecule has 3 rings (SSSR count). The Morgan fingerprint density at radius 1 is 1.17 bits per heavy atom. The molecule has 1 aliphatic heterocycles. The number of ether oxygens (including phenoxy) is 1. The first-order valence-corrected chi connectivity index (χ1v) is 7.75. The third-order valence-electron chi connectivity index (χ3n) is 4.20. The lowest BCUT2D eigenvalue weighted by Crippen LogP contribution is -2.33. The van der Waals surface area contributed by atoms with Gasteiger partial charge < -0.3 is 14.7 Å². The Kier molecular flexibility index (Phi) is 4.88. The van der Waals surface area contributed by atoms with Crippen LogP contribution in [0.1, 0.15) is 11.6 Å². The van der Waals surface area contributed by atoms with Crippen molar-refractivity contribution in [2.75, 3.05) is 26.3 Å². The van der Waals surface area contributed by atoms with Crippen LogP contribution in [0.4, 0.5) is 0 Å². The Bertz CT molecular complexity index is 633. The van der Waals surface area contributed by atoms with Gasteiger partial charge in [0.1, 0.15) is 5.75 Å². The first-order chi connectivity index (χ1) is 11.3. The number of carbonyl (C=O) groups excluding carboxylic acids is 1. The summed E-state index contributed by atoms with van der Waals surface area (Å²) in [6.07, 6.45) is 1.74. The van der Waals surface area contributed by atoms with E-state index in [2.05, 4.69) is 4.98 Å². The van der Waals surface area contributed by atoms with E-state index in [9.17, 15) is 9.90 Å². The van der Waals surface area contributed by atoms with E-state index in [1.54, 1.807) is 11.1 Å². The Labute approximate surface area is 135 Å². The molecule has 2 heterocycles. The van der Waals surface area contributed by atoms with Crippen LogP contribution in [0.25, 0.3) is 0 Å². The molecule has 1 saturated heterocycles. The normalized spacial score (nSPS) is 20.5. The highest BCUT2D eigenvalue weighted by molar-refractivity contribution is 5.78. The fourth-order valence-corrected chi connectivity index (χ4v) is 2.94. The van der Waals surface area contributed by atoms with Crippen LogP contribution in [0, 0.1) is 5.92 Å². The zero-order valence-electron chi connectivity index (χ0n) is 12.8. The van der Waals surface area contributed by atoms with Crippen LogP contribution in [-0.4, -0.2) is 47.2 Å². The Morgan fingerprint density at radius 2 is 1.96 bits per heavy atom. The molecule has 1 N–H and O–H groups in total.